The summed E-state index contributed by atoms with van der Waals surface area (Å²) in [5.74, 6) is -2.98. The molecule has 0 bridgehead atoms. The van der Waals surface area contributed by atoms with Gasteiger partial charge in [0.05, 0.1) is 6.04 Å². The largest absolute Gasteiger partial charge is 0.480 e. The molecule has 0 aliphatic carbocycles. The van der Waals surface area contributed by atoms with Crippen molar-refractivity contribution in [1.29, 1.82) is 0 Å². The van der Waals surface area contributed by atoms with E-state index in [0.717, 1.165) is 11.1 Å². The van der Waals surface area contributed by atoms with E-state index >= 15 is 0 Å². The van der Waals surface area contributed by atoms with Crippen LogP contribution in [0.3, 0.4) is 0 Å². The minimum Gasteiger partial charge on any atom is -0.480 e. The Kier molecular flexibility index (Phi) is 9.82. The van der Waals surface area contributed by atoms with Crippen molar-refractivity contribution < 1.29 is 33.5 Å². The van der Waals surface area contributed by atoms with E-state index in [1.165, 1.54) is 13.3 Å². The summed E-state index contributed by atoms with van der Waals surface area (Å²) < 4.78 is 17.0. The van der Waals surface area contributed by atoms with Crippen molar-refractivity contribution >= 4 is 25.5 Å². The summed E-state index contributed by atoms with van der Waals surface area (Å²) in [6, 6.07) is 4.56. The highest BCUT2D eigenvalue weighted by atomic mass is 31.2. The minimum absolute atomic E-state index is 0.00667. The molecule has 0 aliphatic rings. The van der Waals surface area contributed by atoms with Gasteiger partial charge in [0, 0.05) is 31.3 Å². The molecule has 0 saturated heterocycles. The smallest absolute Gasteiger partial charge is 0.405 e. The minimum atomic E-state index is -4.46. The molecule has 1 aromatic heterocycles. The quantitative estimate of drug-likeness (QED) is 0.212. The van der Waals surface area contributed by atoms with Gasteiger partial charge in [0.2, 0.25) is 11.8 Å². The van der Waals surface area contributed by atoms with Gasteiger partial charge in [-0.25, -0.2) is 24.4 Å². The third kappa shape index (κ3) is 8.64. The molecule has 5 N–H and O–H groups in total. The first-order valence-electron chi connectivity index (χ1n) is 10.4. The van der Waals surface area contributed by atoms with Gasteiger partial charge in [-0.3, -0.25) is 14.1 Å². The number of rotatable bonds is 12. The summed E-state index contributed by atoms with van der Waals surface area (Å²) in [5, 5.41) is 16.5. The summed E-state index contributed by atoms with van der Waals surface area (Å²) >= 11 is 0. The number of carbonyl (C=O) groups excluding carboxylic acids is 2. The Bertz CT molecular complexity index is 1030. The molecule has 0 radical (unpaired) electrons. The van der Waals surface area contributed by atoms with Crippen molar-refractivity contribution in [2.24, 2.45) is 5.92 Å². The third-order valence-corrected chi connectivity index (χ3v) is 5.80. The lowest BCUT2D eigenvalue weighted by Crippen LogP contribution is -2.52. The molecule has 1 heterocycles. The number of carboxylic acids is 1. The number of hydrogen-bond acceptors (Lipinski definition) is 7. The molecular weight excluding hydrogens is 465 g/mol. The summed E-state index contributed by atoms with van der Waals surface area (Å²) in [5.41, 5.74) is 2.31. The fourth-order valence-electron chi connectivity index (χ4n) is 2.92. The van der Waals surface area contributed by atoms with Gasteiger partial charge in [-0.05, 0) is 17.0 Å². The number of hydrogen-bond donors (Lipinski definition) is 5. The van der Waals surface area contributed by atoms with Crippen LogP contribution in [-0.4, -0.2) is 56.6 Å². The maximum absolute atomic E-state index is 12.8. The number of benzene rings is 1. The van der Waals surface area contributed by atoms with Gasteiger partial charge in [0.1, 0.15) is 19.1 Å². The lowest BCUT2D eigenvalue weighted by atomic mass is 10.0. The van der Waals surface area contributed by atoms with Gasteiger partial charge in [-0.2, -0.15) is 0 Å². The van der Waals surface area contributed by atoms with E-state index in [1.807, 2.05) is 0 Å². The van der Waals surface area contributed by atoms with Gasteiger partial charge in [0.25, 0.3) is 0 Å². The summed E-state index contributed by atoms with van der Waals surface area (Å²) in [6.07, 6.45) is 4.72. The van der Waals surface area contributed by atoms with E-state index in [9.17, 15) is 28.9 Å². The first kappa shape index (κ1) is 27.1. The molecule has 2 aromatic rings. The van der Waals surface area contributed by atoms with Gasteiger partial charge in [0.15, 0.2) is 0 Å². The van der Waals surface area contributed by atoms with Gasteiger partial charge in [-0.15, -0.1) is 0 Å². The maximum Gasteiger partial charge on any atom is 0.405 e. The number of aliphatic carboxylic acids is 1. The Balaban J connectivity index is 2.06. The zero-order chi connectivity index (χ0) is 25.3. The average molecular weight is 493 g/mol. The highest BCUT2D eigenvalue weighted by Crippen LogP contribution is 2.37. The number of carboxylic acid groups (broad SMARTS) is 1. The van der Waals surface area contributed by atoms with Crippen molar-refractivity contribution in [2.45, 2.75) is 39.3 Å². The standard InChI is InChI=1S/C21H28N5O7P/c1-13(2)19(26-34(31,32)33-12-24-14(3)27)20(28)25-18(21(29)30)8-15-4-6-16(7-5-15)17-9-22-11-23-10-17/h4-7,9-11,13,18-19H,8,12H2,1-3H3,(H,24,27)(H,25,28)(H,29,30)(H2,26,31,32)/t18-,19-/m0/s1. The molecule has 0 fully saturated rings. The Morgan fingerprint density at radius 1 is 1.09 bits per heavy atom. The molecule has 12 nitrogen and oxygen atoms in total. The van der Waals surface area contributed by atoms with Crippen LogP contribution in [0.5, 0.6) is 0 Å². The number of carbonyl (C=O) groups is 3. The van der Waals surface area contributed by atoms with E-state index in [2.05, 4.69) is 25.7 Å². The lowest BCUT2D eigenvalue weighted by molar-refractivity contribution is -0.142. The first-order valence-corrected chi connectivity index (χ1v) is 11.9. The second-order valence-corrected chi connectivity index (χ2v) is 9.36. The summed E-state index contributed by atoms with van der Waals surface area (Å²) in [4.78, 5) is 53.3. The third-order valence-electron chi connectivity index (χ3n) is 4.71. The molecule has 2 amide bonds. The van der Waals surface area contributed by atoms with Gasteiger partial charge in [-0.1, -0.05) is 38.1 Å². The Morgan fingerprint density at radius 3 is 2.24 bits per heavy atom. The summed E-state index contributed by atoms with van der Waals surface area (Å²) in [7, 11) is -4.46. The predicted octanol–water partition coefficient (Wildman–Crippen LogP) is 1.08. The van der Waals surface area contributed by atoms with E-state index in [4.69, 9.17) is 4.52 Å². The van der Waals surface area contributed by atoms with Crippen molar-refractivity contribution in [3.63, 3.8) is 0 Å². The van der Waals surface area contributed by atoms with E-state index in [-0.39, 0.29) is 6.42 Å². The SMILES string of the molecule is CC(=O)NCOP(=O)(O)N[C@H](C(=O)N[C@@H](Cc1ccc(-c2cncnc2)cc1)C(=O)O)C(C)C. The Morgan fingerprint density at radius 2 is 1.71 bits per heavy atom. The zero-order valence-electron chi connectivity index (χ0n) is 19.0. The topological polar surface area (TPSA) is 180 Å². The number of aromatic nitrogens is 2. The maximum atomic E-state index is 12.8. The molecular formula is C21H28N5O7P. The highest BCUT2D eigenvalue weighted by Gasteiger charge is 2.33. The predicted molar refractivity (Wildman–Crippen MR) is 122 cm³/mol. The number of nitrogens with zero attached hydrogens (tertiary/aromatic N) is 2. The van der Waals surface area contributed by atoms with Gasteiger partial charge < -0.3 is 20.6 Å². The fourth-order valence-corrected chi connectivity index (χ4v) is 4.00. The molecule has 0 saturated carbocycles. The lowest BCUT2D eigenvalue weighted by Gasteiger charge is -2.26. The molecule has 3 atom stereocenters. The van der Waals surface area contributed by atoms with E-state index in [1.54, 1.807) is 50.5 Å². The van der Waals surface area contributed by atoms with Crippen LogP contribution in [-0.2, 0) is 29.9 Å². The van der Waals surface area contributed by atoms with Gasteiger partial charge >= 0.3 is 13.7 Å². The van der Waals surface area contributed by atoms with Crippen molar-refractivity contribution in [1.82, 2.24) is 25.7 Å². The number of nitrogens with one attached hydrogen (secondary N) is 3. The van der Waals surface area contributed by atoms with Crippen LogP contribution in [0.15, 0.2) is 43.0 Å². The first-order chi connectivity index (χ1) is 16.0. The summed E-state index contributed by atoms with van der Waals surface area (Å²) in [6.45, 7) is 3.91. The molecule has 1 aromatic carbocycles. The van der Waals surface area contributed by atoms with Crippen LogP contribution in [0.25, 0.3) is 11.1 Å². The van der Waals surface area contributed by atoms with Crippen LogP contribution in [0.2, 0.25) is 0 Å². The van der Waals surface area contributed by atoms with Crippen LogP contribution in [0, 0.1) is 5.92 Å². The monoisotopic (exact) mass is 493 g/mol. The van der Waals surface area contributed by atoms with E-state index < -0.39 is 50.3 Å². The van der Waals surface area contributed by atoms with Crippen LogP contribution >= 0.6 is 7.75 Å². The normalized spacial score (nSPS) is 14.6. The van der Waals surface area contributed by atoms with Crippen LogP contribution in [0.1, 0.15) is 26.3 Å². The van der Waals surface area contributed by atoms with Crippen LogP contribution < -0.4 is 15.7 Å². The second kappa shape index (κ2) is 12.3. The highest BCUT2D eigenvalue weighted by molar-refractivity contribution is 7.50. The molecule has 0 aliphatic heterocycles. The zero-order valence-corrected chi connectivity index (χ0v) is 19.9. The van der Waals surface area contributed by atoms with Crippen molar-refractivity contribution in [2.75, 3.05) is 6.73 Å². The molecule has 184 valence electrons. The van der Waals surface area contributed by atoms with E-state index in [0.29, 0.717) is 5.56 Å². The molecule has 1 unspecified atom stereocenters. The van der Waals surface area contributed by atoms with Crippen molar-refractivity contribution in [3.05, 3.63) is 48.5 Å². The molecule has 0 spiro atoms. The molecule has 34 heavy (non-hydrogen) atoms. The van der Waals surface area contributed by atoms with Crippen molar-refractivity contribution in [3.8, 4) is 11.1 Å². The Labute approximate surface area is 196 Å². The second-order valence-electron chi connectivity index (χ2n) is 7.81. The van der Waals surface area contributed by atoms with Crippen LogP contribution in [0.4, 0.5) is 0 Å². The fraction of sp³-hybridized carbons (Fsp3) is 0.381. The number of amides is 2. The Hall–Kier alpha value is -3.18. The molecule has 2 rings (SSSR count). The molecule has 13 heteroatoms. The average Bonchev–Trinajstić information content (AvgIpc) is 2.77.